The van der Waals surface area contributed by atoms with E-state index in [1.54, 1.807) is 41.1 Å². The smallest absolute Gasteiger partial charge is 0.329 e. The highest BCUT2D eigenvalue weighted by Crippen LogP contribution is 2.45. The van der Waals surface area contributed by atoms with E-state index in [2.05, 4.69) is 0 Å². The third-order valence-electron chi connectivity index (χ3n) is 14.9. The van der Waals surface area contributed by atoms with Crippen LogP contribution in [-0.4, -0.2) is 132 Å². The van der Waals surface area contributed by atoms with E-state index < -0.39 is 95.7 Å². The predicted molar refractivity (Wildman–Crippen MR) is 238 cm³/mol. The molecule has 5 rings (SSSR count). The van der Waals surface area contributed by atoms with Gasteiger partial charge in [-0.1, -0.05) is 64.2 Å². The second kappa shape index (κ2) is 22.9. The van der Waals surface area contributed by atoms with Crippen LogP contribution in [0.5, 0.6) is 0 Å². The summed E-state index contributed by atoms with van der Waals surface area (Å²) in [5.41, 5.74) is 1.21. The van der Waals surface area contributed by atoms with Crippen LogP contribution in [0, 0.1) is 41.4 Å². The van der Waals surface area contributed by atoms with Crippen molar-refractivity contribution >= 4 is 29.2 Å². The van der Waals surface area contributed by atoms with Crippen molar-refractivity contribution in [3.05, 3.63) is 47.6 Å². The molecule has 6 bridgehead atoms. The largest absolute Gasteiger partial charge is 0.460 e. The minimum Gasteiger partial charge on any atom is -0.460 e. The van der Waals surface area contributed by atoms with Gasteiger partial charge in [-0.3, -0.25) is 19.2 Å². The summed E-state index contributed by atoms with van der Waals surface area (Å²) in [4.78, 5) is 72.0. The zero-order valence-electron chi connectivity index (χ0n) is 39.5. The van der Waals surface area contributed by atoms with Crippen molar-refractivity contribution in [2.45, 2.75) is 167 Å². The Morgan fingerprint density at radius 2 is 1.59 bits per heavy atom. The number of carbonyl (C=O) groups excluding carboxylic acids is 5. The highest BCUT2D eigenvalue weighted by Gasteiger charge is 2.57. The number of fused-ring (bicyclic) bond motifs is 3. The first-order chi connectivity index (χ1) is 30.3. The summed E-state index contributed by atoms with van der Waals surface area (Å²) < 4.78 is 29.4. The number of rotatable bonds is 5. The van der Waals surface area contributed by atoms with Crippen LogP contribution in [0.3, 0.4) is 0 Å². The Kier molecular flexibility index (Phi) is 18.5. The molecule has 4 heterocycles. The van der Waals surface area contributed by atoms with Gasteiger partial charge in [0.1, 0.15) is 18.2 Å². The lowest BCUT2D eigenvalue weighted by Gasteiger charge is -2.50. The average molecular weight is 898 g/mol. The third-order valence-corrected chi connectivity index (χ3v) is 14.9. The molecule has 5 aliphatic rings. The number of piperidine rings is 1. The molecule has 3 N–H and O–H groups in total. The first-order valence-electron chi connectivity index (χ1n) is 23.5. The maximum atomic E-state index is 14.4. The number of Topliss-reactive ketones (excluding diaryl/α,β-unsaturated/α-hetero) is 3. The minimum absolute atomic E-state index is 0.0258. The van der Waals surface area contributed by atoms with Gasteiger partial charge in [0.15, 0.2) is 11.6 Å². The molecule has 0 radical (unpaired) electrons. The Morgan fingerprint density at radius 3 is 2.28 bits per heavy atom. The number of hydrogen-bond donors (Lipinski definition) is 3. The van der Waals surface area contributed by atoms with Gasteiger partial charge < -0.3 is 43.9 Å². The Labute approximate surface area is 379 Å². The lowest BCUT2D eigenvalue weighted by molar-refractivity contribution is -0.266. The van der Waals surface area contributed by atoms with E-state index in [4.69, 9.17) is 23.7 Å². The summed E-state index contributed by atoms with van der Waals surface area (Å²) in [7, 11) is 4.53. The van der Waals surface area contributed by atoms with Gasteiger partial charge in [-0.15, -0.1) is 0 Å². The van der Waals surface area contributed by atoms with Gasteiger partial charge in [-0.05, 0) is 101 Å². The fraction of sp³-hybridized carbons (Fsp3) is 0.740. The fourth-order valence-corrected chi connectivity index (χ4v) is 10.9. The number of aliphatic hydroxyl groups excluding tert-OH is 2. The molecule has 0 spiro atoms. The van der Waals surface area contributed by atoms with E-state index in [1.165, 1.54) is 12.0 Å². The van der Waals surface area contributed by atoms with Crippen molar-refractivity contribution in [3.63, 3.8) is 0 Å². The van der Waals surface area contributed by atoms with Gasteiger partial charge in [-0.25, -0.2) is 4.79 Å². The maximum Gasteiger partial charge on any atom is 0.329 e. The Bertz CT molecular complexity index is 1790. The van der Waals surface area contributed by atoms with Crippen molar-refractivity contribution < 1.29 is 63.0 Å². The summed E-state index contributed by atoms with van der Waals surface area (Å²) in [6.45, 7) is 10.9. The molecule has 1 amide bonds. The van der Waals surface area contributed by atoms with Crippen LogP contribution < -0.4 is 0 Å². The summed E-state index contributed by atoms with van der Waals surface area (Å²) in [6, 6.07) is -1.13. The molecule has 3 saturated heterocycles. The zero-order valence-corrected chi connectivity index (χ0v) is 39.5. The molecular formula is C50H75NO13. The van der Waals surface area contributed by atoms with Crippen LogP contribution in [0.4, 0.5) is 0 Å². The number of ketones is 3. The Balaban J connectivity index is 1.51. The van der Waals surface area contributed by atoms with Crippen LogP contribution in [0.1, 0.15) is 112 Å². The summed E-state index contributed by atoms with van der Waals surface area (Å²) in [6.07, 6.45) is 10.9. The normalized spacial score (nSPS) is 40.5. The van der Waals surface area contributed by atoms with E-state index in [1.807, 2.05) is 51.2 Å². The Hall–Kier alpha value is -3.37. The minimum atomic E-state index is -2.43. The highest BCUT2D eigenvalue weighted by atomic mass is 16.6. The molecule has 1 saturated carbocycles. The first-order valence-corrected chi connectivity index (χ1v) is 23.5. The number of esters is 1. The standard InChI is InChI=1S/C50H75NO13/c1-28-14-11-10-12-15-29(2)40(60-7)26-35-19-17-33(6)50(59,64-35)47(56)48(57)51-21-13-16-36-37(24-34-18-20-38(52)42(25-34)61-8)41(63-49(58)43(36)51)27-39(53)30(3)23-32(5)45(55)46(62-9)44(54)31(4)22-28/h10-12,14-15,23,28,31-38,40-43,45-46,52,55,59H,13,16-22,24-27H2,1-9H3/t28-,31-,32?,33-,34+,35+,36?,37+,38-,40+,41+,42-,43+,45-,46+,50-/m1/s1. The second-order valence-corrected chi connectivity index (χ2v) is 19.5. The molecule has 16 atom stereocenters. The zero-order chi connectivity index (χ0) is 47.0. The van der Waals surface area contributed by atoms with Crippen LogP contribution >= 0.6 is 0 Å². The molecule has 0 aromatic carbocycles. The van der Waals surface area contributed by atoms with Crippen molar-refractivity contribution in [1.82, 2.24) is 4.90 Å². The van der Waals surface area contributed by atoms with E-state index in [0.29, 0.717) is 69.8 Å². The third kappa shape index (κ3) is 12.0. The van der Waals surface area contributed by atoms with E-state index in [0.717, 1.165) is 5.57 Å². The molecule has 358 valence electrons. The van der Waals surface area contributed by atoms with Crippen molar-refractivity contribution in [2.75, 3.05) is 27.9 Å². The van der Waals surface area contributed by atoms with Crippen LogP contribution in [-0.2, 0) is 47.7 Å². The topological polar surface area (TPSA) is 195 Å². The van der Waals surface area contributed by atoms with Gasteiger partial charge in [0.05, 0.1) is 30.5 Å². The van der Waals surface area contributed by atoms with Gasteiger partial charge >= 0.3 is 5.97 Å². The molecule has 4 fully saturated rings. The van der Waals surface area contributed by atoms with Crippen molar-refractivity contribution in [3.8, 4) is 0 Å². The van der Waals surface area contributed by atoms with Gasteiger partial charge in [0.25, 0.3) is 11.7 Å². The average Bonchev–Trinajstić information content (AvgIpc) is 3.27. The summed E-state index contributed by atoms with van der Waals surface area (Å²) in [5.74, 6) is -8.42. The number of amides is 1. The summed E-state index contributed by atoms with van der Waals surface area (Å²) >= 11 is 0. The van der Waals surface area contributed by atoms with Crippen LogP contribution in [0.15, 0.2) is 47.6 Å². The van der Waals surface area contributed by atoms with Crippen LogP contribution in [0.2, 0.25) is 0 Å². The number of methoxy groups -OCH3 is 3. The fourth-order valence-electron chi connectivity index (χ4n) is 10.9. The molecule has 0 aromatic rings. The lowest BCUT2D eigenvalue weighted by atomic mass is 9.68. The molecule has 0 aromatic heterocycles. The number of nitrogens with zero attached hydrogens (tertiary/aromatic N) is 1. The monoisotopic (exact) mass is 898 g/mol. The van der Waals surface area contributed by atoms with E-state index in [9.17, 15) is 39.3 Å². The number of carbonyl (C=O) groups is 5. The molecule has 14 heteroatoms. The predicted octanol–water partition coefficient (Wildman–Crippen LogP) is 5.40. The molecule has 2 unspecified atom stereocenters. The number of hydrogen-bond acceptors (Lipinski definition) is 13. The quantitative estimate of drug-likeness (QED) is 0.235. The van der Waals surface area contributed by atoms with E-state index >= 15 is 0 Å². The second-order valence-electron chi connectivity index (χ2n) is 19.5. The SMILES string of the molecule is CO[C@H]1C[C@@H]2CC[C@@H](C)[C@@](O)(O2)C(=O)C(=O)N2CCCC3[C@H]2C(=O)O[C@@H](CC(=O)C(C)=CC(C)[C@@H](O)[C@@H](OC)C(=O)[C@H](C)C[C@H](C)C=CC=CC=C1C)[C@H]3C[C@@H]1CC[C@@H](O)[C@H](OC)C1. The molecule has 1 aliphatic carbocycles. The number of ether oxygens (including phenoxy) is 5. The number of aliphatic hydroxyl groups is 3. The molecule has 4 aliphatic heterocycles. The van der Waals surface area contributed by atoms with Crippen LogP contribution in [0.25, 0.3) is 0 Å². The number of allylic oxidation sites excluding steroid dienone is 6. The van der Waals surface area contributed by atoms with Crippen molar-refractivity contribution in [1.29, 1.82) is 0 Å². The van der Waals surface area contributed by atoms with Gasteiger partial charge in [0.2, 0.25) is 5.79 Å². The highest BCUT2D eigenvalue weighted by molar-refractivity contribution is 6.39. The Morgan fingerprint density at radius 1 is 0.859 bits per heavy atom. The van der Waals surface area contributed by atoms with E-state index in [-0.39, 0.29) is 42.5 Å². The lowest BCUT2D eigenvalue weighted by Crippen LogP contribution is -2.65. The van der Waals surface area contributed by atoms with Gasteiger partial charge in [0, 0.05) is 64.4 Å². The molecular weight excluding hydrogens is 823 g/mol. The molecule has 14 nitrogen and oxygen atoms in total. The maximum absolute atomic E-state index is 14.4. The first kappa shape index (κ1) is 51.6. The molecule has 64 heavy (non-hydrogen) atoms. The van der Waals surface area contributed by atoms with Gasteiger partial charge in [-0.2, -0.15) is 0 Å². The van der Waals surface area contributed by atoms with Crippen molar-refractivity contribution in [2.24, 2.45) is 41.4 Å². The summed E-state index contributed by atoms with van der Waals surface area (Å²) in [5, 5.41) is 34.1.